The van der Waals surface area contributed by atoms with Crippen molar-refractivity contribution >= 4 is 22.7 Å². The van der Waals surface area contributed by atoms with Gasteiger partial charge in [0, 0.05) is 43.1 Å². The number of nitrogens with zero attached hydrogens (tertiary/aromatic N) is 7. The standard InChI is InChI=1S/C28H29N9/c29-26-22(3-1-11-31-26)27-33-23-5-7-25(36-15-2-12-32-36)34-28(23)37(27)21-4-6-24-20(17-21)10-16-35(24)18-19-8-13-30-14-9-19/h1-7,11-12,15,17,19,30H,8-10,13-14,16,18H2,(H2,29,31). The highest BCUT2D eigenvalue weighted by atomic mass is 15.3. The molecule has 1 aromatic carbocycles. The Hall–Kier alpha value is -4.24. The van der Waals surface area contributed by atoms with Crippen molar-refractivity contribution in [3.8, 4) is 22.9 Å². The Bertz CT molecular complexity index is 1560. The summed E-state index contributed by atoms with van der Waals surface area (Å²) in [5.74, 6) is 2.67. The number of rotatable bonds is 5. The van der Waals surface area contributed by atoms with Crippen LogP contribution in [0.3, 0.4) is 0 Å². The van der Waals surface area contributed by atoms with E-state index in [4.69, 9.17) is 15.7 Å². The van der Waals surface area contributed by atoms with Gasteiger partial charge in [-0.2, -0.15) is 5.10 Å². The summed E-state index contributed by atoms with van der Waals surface area (Å²) in [4.78, 5) is 16.8. The Balaban J connectivity index is 1.34. The number of pyridine rings is 2. The molecule has 186 valence electrons. The number of fused-ring (bicyclic) bond motifs is 2. The molecule has 1 fully saturated rings. The molecular weight excluding hydrogens is 462 g/mol. The third-order valence-electron chi connectivity index (χ3n) is 7.56. The van der Waals surface area contributed by atoms with Crippen LogP contribution in [0.5, 0.6) is 0 Å². The molecule has 2 aliphatic rings. The summed E-state index contributed by atoms with van der Waals surface area (Å²) in [5, 5.41) is 7.84. The van der Waals surface area contributed by atoms with Gasteiger partial charge in [0.05, 0.1) is 5.56 Å². The predicted octanol–water partition coefficient (Wildman–Crippen LogP) is 3.61. The molecule has 4 aromatic heterocycles. The third kappa shape index (κ3) is 3.92. The van der Waals surface area contributed by atoms with E-state index in [9.17, 15) is 0 Å². The Kier molecular flexibility index (Phi) is 5.35. The first kappa shape index (κ1) is 22.0. The van der Waals surface area contributed by atoms with Gasteiger partial charge >= 0.3 is 0 Å². The second-order valence-corrected chi connectivity index (χ2v) is 9.87. The zero-order valence-electron chi connectivity index (χ0n) is 20.6. The number of nitrogens with one attached hydrogen (secondary N) is 1. The Labute approximate surface area is 215 Å². The molecule has 0 unspecified atom stereocenters. The summed E-state index contributed by atoms with van der Waals surface area (Å²) < 4.78 is 3.86. The van der Waals surface area contributed by atoms with Crippen LogP contribution in [0.4, 0.5) is 11.5 Å². The minimum Gasteiger partial charge on any atom is -0.383 e. The molecule has 0 amide bonds. The van der Waals surface area contributed by atoms with Gasteiger partial charge in [0.1, 0.15) is 11.3 Å². The first-order valence-corrected chi connectivity index (χ1v) is 12.9. The van der Waals surface area contributed by atoms with Gasteiger partial charge in [-0.05, 0) is 92.4 Å². The summed E-state index contributed by atoms with van der Waals surface area (Å²) in [6.45, 7) is 4.46. The number of nitrogen functional groups attached to an aromatic ring is 1. The van der Waals surface area contributed by atoms with Crippen LogP contribution in [0.2, 0.25) is 0 Å². The van der Waals surface area contributed by atoms with E-state index in [1.807, 2.05) is 36.5 Å². The van der Waals surface area contributed by atoms with Crippen molar-refractivity contribution in [3.05, 3.63) is 72.7 Å². The molecule has 1 saturated heterocycles. The van der Waals surface area contributed by atoms with Gasteiger partial charge in [0.25, 0.3) is 0 Å². The molecule has 6 heterocycles. The Morgan fingerprint density at radius 2 is 1.92 bits per heavy atom. The SMILES string of the molecule is Nc1ncccc1-c1nc2ccc(-n3cccn3)nc2n1-c1ccc2c(c1)CCN2CC1CCNCC1. The molecule has 2 aliphatic heterocycles. The lowest BCUT2D eigenvalue weighted by molar-refractivity contribution is 0.375. The van der Waals surface area contributed by atoms with Crippen LogP contribution >= 0.6 is 0 Å². The highest BCUT2D eigenvalue weighted by Crippen LogP contribution is 2.35. The molecule has 9 heteroatoms. The predicted molar refractivity (Wildman–Crippen MR) is 145 cm³/mol. The molecule has 5 aromatic rings. The molecule has 0 bridgehead atoms. The highest BCUT2D eigenvalue weighted by Gasteiger charge is 2.25. The smallest absolute Gasteiger partial charge is 0.167 e. The van der Waals surface area contributed by atoms with Crippen LogP contribution < -0.4 is 16.0 Å². The average molecular weight is 492 g/mol. The molecule has 0 aliphatic carbocycles. The number of anilines is 2. The van der Waals surface area contributed by atoms with E-state index in [2.05, 4.69) is 43.1 Å². The van der Waals surface area contributed by atoms with Crippen LogP contribution in [0.1, 0.15) is 18.4 Å². The first-order chi connectivity index (χ1) is 18.2. The summed E-state index contributed by atoms with van der Waals surface area (Å²) in [6.07, 6.45) is 8.89. The topological polar surface area (TPSA) is 103 Å². The number of nitrogens with two attached hydrogens (primary N) is 1. The van der Waals surface area contributed by atoms with Gasteiger partial charge in [-0.3, -0.25) is 4.57 Å². The number of hydrogen-bond acceptors (Lipinski definition) is 7. The van der Waals surface area contributed by atoms with Gasteiger partial charge in [-0.15, -0.1) is 0 Å². The number of piperidine rings is 1. The highest BCUT2D eigenvalue weighted by molar-refractivity contribution is 5.83. The maximum atomic E-state index is 6.32. The summed E-state index contributed by atoms with van der Waals surface area (Å²) >= 11 is 0. The fraction of sp³-hybridized carbons (Fsp3) is 0.286. The molecule has 7 rings (SSSR count). The van der Waals surface area contributed by atoms with Crippen molar-refractivity contribution in [2.24, 2.45) is 5.92 Å². The molecule has 0 saturated carbocycles. The fourth-order valence-corrected chi connectivity index (χ4v) is 5.67. The molecule has 0 radical (unpaired) electrons. The van der Waals surface area contributed by atoms with Gasteiger partial charge < -0.3 is 16.0 Å². The molecule has 0 atom stereocenters. The molecule has 0 spiro atoms. The monoisotopic (exact) mass is 491 g/mol. The van der Waals surface area contributed by atoms with E-state index < -0.39 is 0 Å². The van der Waals surface area contributed by atoms with E-state index in [1.165, 1.54) is 24.1 Å². The number of imidazole rings is 1. The van der Waals surface area contributed by atoms with Crippen LogP contribution in [0.25, 0.3) is 34.1 Å². The number of aromatic nitrogens is 6. The van der Waals surface area contributed by atoms with Crippen molar-refractivity contribution in [1.82, 2.24) is 34.6 Å². The van der Waals surface area contributed by atoms with Crippen molar-refractivity contribution in [2.45, 2.75) is 19.3 Å². The van der Waals surface area contributed by atoms with Gasteiger partial charge in [-0.1, -0.05) is 0 Å². The van der Waals surface area contributed by atoms with Gasteiger partial charge in [-0.25, -0.2) is 19.6 Å². The lowest BCUT2D eigenvalue weighted by atomic mass is 9.97. The normalized spacial score (nSPS) is 15.9. The first-order valence-electron chi connectivity index (χ1n) is 12.9. The lowest BCUT2D eigenvalue weighted by Gasteiger charge is -2.29. The maximum Gasteiger partial charge on any atom is 0.167 e. The summed E-state index contributed by atoms with van der Waals surface area (Å²) in [5.41, 5.74) is 12.4. The van der Waals surface area contributed by atoms with E-state index in [1.54, 1.807) is 17.1 Å². The van der Waals surface area contributed by atoms with E-state index in [0.717, 1.165) is 72.6 Å². The number of benzene rings is 1. The average Bonchev–Trinajstić information content (AvgIpc) is 3.68. The van der Waals surface area contributed by atoms with Crippen LogP contribution in [-0.4, -0.2) is 55.5 Å². The zero-order valence-corrected chi connectivity index (χ0v) is 20.6. The van der Waals surface area contributed by atoms with Crippen LogP contribution in [0.15, 0.2) is 67.1 Å². The fourth-order valence-electron chi connectivity index (χ4n) is 5.67. The van der Waals surface area contributed by atoms with Crippen LogP contribution in [-0.2, 0) is 6.42 Å². The minimum absolute atomic E-state index is 0.445. The Morgan fingerprint density at radius 1 is 1.00 bits per heavy atom. The van der Waals surface area contributed by atoms with E-state index in [0.29, 0.717) is 5.82 Å². The molecule has 3 N–H and O–H groups in total. The van der Waals surface area contributed by atoms with Crippen molar-refractivity contribution in [3.63, 3.8) is 0 Å². The van der Waals surface area contributed by atoms with E-state index >= 15 is 0 Å². The van der Waals surface area contributed by atoms with Crippen LogP contribution in [0, 0.1) is 5.92 Å². The lowest BCUT2D eigenvalue weighted by Crippen LogP contribution is -2.35. The van der Waals surface area contributed by atoms with E-state index in [-0.39, 0.29) is 0 Å². The second kappa shape index (κ2) is 9.01. The van der Waals surface area contributed by atoms with Crippen molar-refractivity contribution in [1.29, 1.82) is 0 Å². The summed E-state index contributed by atoms with van der Waals surface area (Å²) in [7, 11) is 0. The quantitative estimate of drug-likeness (QED) is 0.387. The van der Waals surface area contributed by atoms with Crippen molar-refractivity contribution in [2.75, 3.05) is 36.8 Å². The molecular formula is C28H29N9. The molecule has 9 nitrogen and oxygen atoms in total. The minimum atomic E-state index is 0.445. The van der Waals surface area contributed by atoms with Crippen molar-refractivity contribution < 1.29 is 0 Å². The maximum absolute atomic E-state index is 6.32. The molecule has 37 heavy (non-hydrogen) atoms. The number of hydrogen-bond donors (Lipinski definition) is 2. The zero-order chi connectivity index (χ0) is 24.8. The largest absolute Gasteiger partial charge is 0.383 e. The van der Waals surface area contributed by atoms with Gasteiger partial charge in [0.2, 0.25) is 0 Å². The van der Waals surface area contributed by atoms with Gasteiger partial charge in [0.15, 0.2) is 17.3 Å². The summed E-state index contributed by atoms with van der Waals surface area (Å²) in [6, 6.07) is 16.4. The Morgan fingerprint density at radius 3 is 2.76 bits per heavy atom. The second-order valence-electron chi connectivity index (χ2n) is 9.87. The third-order valence-corrected chi connectivity index (χ3v) is 7.56.